The molecule has 0 unspecified atom stereocenters. The highest BCUT2D eigenvalue weighted by molar-refractivity contribution is 6.07. The van der Waals surface area contributed by atoms with Crippen LogP contribution in [0.4, 0.5) is 33.5 Å². The van der Waals surface area contributed by atoms with Gasteiger partial charge in [0.05, 0.1) is 29.1 Å². The third-order valence-electron chi connectivity index (χ3n) is 8.89. The second-order valence-corrected chi connectivity index (χ2v) is 12.1. The third kappa shape index (κ3) is 6.36. The summed E-state index contributed by atoms with van der Waals surface area (Å²) in [6.07, 6.45) is 3.68. The first kappa shape index (κ1) is 29.7. The first-order valence-corrected chi connectivity index (χ1v) is 16.1. The van der Waals surface area contributed by atoms with Crippen LogP contribution in [-0.2, 0) is 6.54 Å². The van der Waals surface area contributed by atoms with Crippen LogP contribution in [0.2, 0.25) is 0 Å². The molecule has 1 aliphatic carbocycles. The number of hydrogen-bond donors (Lipinski definition) is 2. The molecule has 1 saturated heterocycles. The first-order valence-electron chi connectivity index (χ1n) is 16.1. The minimum absolute atomic E-state index is 0.292. The number of carbonyl (C=O) groups excluding carboxylic acids is 1. The lowest BCUT2D eigenvalue weighted by Gasteiger charge is -2.35. The number of piperazine rings is 1. The molecule has 0 radical (unpaired) electrons. The van der Waals surface area contributed by atoms with Crippen LogP contribution in [0.25, 0.3) is 10.9 Å². The van der Waals surface area contributed by atoms with Crippen LogP contribution in [0.3, 0.4) is 0 Å². The van der Waals surface area contributed by atoms with Crippen molar-refractivity contribution in [3.63, 3.8) is 0 Å². The van der Waals surface area contributed by atoms with Crippen LogP contribution in [0.5, 0.6) is 0 Å². The van der Waals surface area contributed by atoms with E-state index in [1.165, 1.54) is 16.9 Å². The number of pyridine rings is 1. The maximum atomic E-state index is 13.6. The van der Waals surface area contributed by atoms with Gasteiger partial charge in [0.1, 0.15) is 18.0 Å². The van der Waals surface area contributed by atoms with Crippen molar-refractivity contribution >= 4 is 45.6 Å². The molecule has 7 rings (SSSR count). The van der Waals surface area contributed by atoms with Gasteiger partial charge in [-0.15, -0.1) is 0 Å². The SMILES string of the molecule is CCN1CCN(c2ccc(Nc3cc(N(C)C(=O)Nc4cccc5c4c(C4CC4)nn5Cc4cccc(C)n4)ncn3)cc2)CC1. The Balaban J connectivity index is 1.05. The van der Waals surface area contributed by atoms with Gasteiger partial charge >= 0.3 is 6.03 Å². The highest BCUT2D eigenvalue weighted by Gasteiger charge is 2.31. The van der Waals surface area contributed by atoms with Crippen LogP contribution in [0, 0.1) is 6.92 Å². The number of urea groups is 1. The average Bonchev–Trinajstić information content (AvgIpc) is 3.86. The summed E-state index contributed by atoms with van der Waals surface area (Å²) >= 11 is 0. The number of likely N-dealkylation sites (N-methyl/N-ethyl adjacent to an activating group) is 1. The van der Waals surface area contributed by atoms with E-state index in [4.69, 9.17) is 5.10 Å². The van der Waals surface area contributed by atoms with Crippen molar-refractivity contribution in [2.75, 3.05) is 60.2 Å². The number of benzene rings is 2. The predicted molar refractivity (Wildman–Crippen MR) is 183 cm³/mol. The normalized spacial score (nSPS) is 15.2. The summed E-state index contributed by atoms with van der Waals surface area (Å²) in [6.45, 7) is 10.1. The molecule has 2 amide bonds. The van der Waals surface area contributed by atoms with Crippen molar-refractivity contribution in [1.82, 2.24) is 29.6 Å². The van der Waals surface area contributed by atoms with Crippen molar-refractivity contribution in [1.29, 1.82) is 0 Å². The standard InChI is InChI=1S/C35H40N10O/c1-4-43-17-19-44(20-18-43)28-15-13-26(14-16-28)39-31-21-32(37-23-36-31)42(3)35(46)40-29-9-6-10-30-33(29)34(25-11-12-25)41-45(30)22-27-8-5-7-24(2)38-27/h5-10,13-16,21,23,25H,4,11-12,17-20,22H2,1-3H3,(H,40,46)(H,36,37,39). The number of amides is 2. The monoisotopic (exact) mass is 616 g/mol. The molecule has 0 bridgehead atoms. The highest BCUT2D eigenvalue weighted by Crippen LogP contribution is 2.44. The van der Waals surface area contributed by atoms with Crippen molar-refractivity contribution in [2.45, 2.75) is 39.2 Å². The Morgan fingerprint density at radius 3 is 2.50 bits per heavy atom. The molecular weight excluding hydrogens is 576 g/mol. The molecule has 3 aromatic heterocycles. The zero-order valence-electron chi connectivity index (χ0n) is 26.6. The molecule has 4 heterocycles. The molecule has 46 heavy (non-hydrogen) atoms. The van der Waals surface area contributed by atoms with Gasteiger partial charge in [0, 0.05) is 67.7 Å². The summed E-state index contributed by atoms with van der Waals surface area (Å²) < 4.78 is 2.01. The maximum Gasteiger partial charge on any atom is 0.327 e. The first-order chi connectivity index (χ1) is 22.4. The number of nitrogens with one attached hydrogen (secondary N) is 2. The van der Waals surface area contributed by atoms with E-state index in [-0.39, 0.29) is 6.03 Å². The third-order valence-corrected chi connectivity index (χ3v) is 8.89. The van der Waals surface area contributed by atoms with Crippen molar-refractivity contribution < 1.29 is 4.79 Å². The molecule has 11 nitrogen and oxygen atoms in total. The lowest BCUT2D eigenvalue weighted by atomic mass is 10.1. The van der Waals surface area contributed by atoms with E-state index in [2.05, 4.69) is 72.6 Å². The molecule has 1 aliphatic heterocycles. The van der Waals surface area contributed by atoms with E-state index in [0.29, 0.717) is 24.1 Å². The highest BCUT2D eigenvalue weighted by atomic mass is 16.2. The van der Waals surface area contributed by atoms with Gasteiger partial charge in [0.15, 0.2) is 0 Å². The Morgan fingerprint density at radius 1 is 0.978 bits per heavy atom. The fourth-order valence-electron chi connectivity index (χ4n) is 6.09. The van der Waals surface area contributed by atoms with E-state index >= 15 is 0 Å². The summed E-state index contributed by atoms with van der Waals surface area (Å²) in [5, 5.41) is 12.5. The van der Waals surface area contributed by atoms with Crippen LogP contribution in [0.1, 0.15) is 42.8 Å². The van der Waals surface area contributed by atoms with Crippen LogP contribution in [0.15, 0.2) is 73.1 Å². The molecule has 2 aliphatic rings. The van der Waals surface area contributed by atoms with E-state index < -0.39 is 0 Å². The minimum atomic E-state index is -0.292. The second-order valence-electron chi connectivity index (χ2n) is 12.1. The molecule has 2 N–H and O–H groups in total. The van der Waals surface area contributed by atoms with E-state index in [0.717, 1.165) is 84.9 Å². The quantitative estimate of drug-likeness (QED) is 0.207. The number of aryl methyl sites for hydroxylation is 1. The van der Waals surface area contributed by atoms with E-state index in [9.17, 15) is 4.79 Å². The van der Waals surface area contributed by atoms with Gasteiger partial charge in [-0.25, -0.2) is 14.8 Å². The molecule has 2 aromatic carbocycles. The van der Waals surface area contributed by atoms with Gasteiger partial charge < -0.3 is 20.4 Å². The van der Waals surface area contributed by atoms with Gasteiger partial charge in [-0.2, -0.15) is 5.10 Å². The second kappa shape index (κ2) is 12.8. The molecule has 11 heteroatoms. The Kier molecular flexibility index (Phi) is 8.23. The van der Waals surface area contributed by atoms with Gasteiger partial charge in [-0.3, -0.25) is 14.6 Å². The predicted octanol–water partition coefficient (Wildman–Crippen LogP) is 6.01. The smallest absolute Gasteiger partial charge is 0.327 e. The van der Waals surface area contributed by atoms with Gasteiger partial charge in [0.2, 0.25) is 0 Å². The number of fused-ring (bicyclic) bond motifs is 1. The van der Waals surface area contributed by atoms with E-state index in [1.807, 2.05) is 41.9 Å². The Bertz CT molecular complexity index is 1840. The number of rotatable bonds is 9. The fraction of sp³-hybridized carbons (Fsp3) is 0.343. The van der Waals surface area contributed by atoms with Crippen molar-refractivity contribution in [2.24, 2.45) is 0 Å². The topological polar surface area (TPSA) is 107 Å². The maximum absolute atomic E-state index is 13.6. The largest absolute Gasteiger partial charge is 0.369 e. The molecule has 236 valence electrons. The van der Waals surface area contributed by atoms with Gasteiger partial charge in [-0.05, 0) is 74.8 Å². The number of carbonyl (C=O) groups is 1. The molecule has 1 saturated carbocycles. The minimum Gasteiger partial charge on any atom is -0.369 e. The summed E-state index contributed by atoms with van der Waals surface area (Å²) in [6, 6.07) is 21.9. The molecule has 5 aromatic rings. The Labute approximate surface area is 269 Å². The number of anilines is 5. The summed E-state index contributed by atoms with van der Waals surface area (Å²) in [5.74, 6) is 1.50. The molecular formula is C35H40N10O. The lowest BCUT2D eigenvalue weighted by molar-refractivity contribution is 0.258. The molecule has 0 spiro atoms. The van der Waals surface area contributed by atoms with Gasteiger partial charge in [-0.1, -0.05) is 19.1 Å². The number of aromatic nitrogens is 5. The van der Waals surface area contributed by atoms with Crippen LogP contribution >= 0.6 is 0 Å². The van der Waals surface area contributed by atoms with Crippen LogP contribution in [-0.4, -0.2) is 75.4 Å². The zero-order chi connectivity index (χ0) is 31.6. The zero-order valence-corrected chi connectivity index (χ0v) is 26.6. The average molecular weight is 617 g/mol. The van der Waals surface area contributed by atoms with Gasteiger partial charge in [0.25, 0.3) is 0 Å². The number of nitrogens with zero attached hydrogens (tertiary/aromatic N) is 8. The Morgan fingerprint density at radius 2 is 1.76 bits per heavy atom. The summed E-state index contributed by atoms with van der Waals surface area (Å²) in [5.41, 5.74) is 6.82. The van der Waals surface area contributed by atoms with Crippen LogP contribution < -0.4 is 20.4 Å². The lowest BCUT2D eigenvalue weighted by Crippen LogP contribution is -2.46. The van der Waals surface area contributed by atoms with Crippen molar-refractivity contribution in [3.05, 3.63) is 90.1 Å². The summed E-state index contributed by atoms with van der Waals surface area (Å²) in [4.78, 5) is 33.4. The van der Waals surface area contributed by atoms with E-state index in [1.54, 1.807) is 13.1 Å². The fourth-order valence-corrected chi connectivity index (χ4v) is 6.09. The molecule has 0 atom stereocenters. The Hall–Kier alpha value is -5.03. The molecule has 2 fully saturated rings. The summed E-state index contributed by atoms with van der Waals surface area (Å²) in [7, 11) is 1.71. The number of hydrogen-bond acceptors (Lipinski definition) is 8. The van der Waals surface area contributed by atoms with Crippen molar-refractivity contribution in [3.8, 4) is 0 Å².